The van der Waals surface area contributed by atoms with Gasteiger partial charge in [0.1, 0.15) is 5.75 Å². The number of hydrogen-bond acceptors (Lipinski definition) is 4. The third-order valence-corrected chi connectivity index (χ3v) is 2.22. The highest BCUT2D eigenvalue weighted by molar-refractivity contribution is 5.69. The van der Waals surface area contributed by atoms with Crippen LogP contribution in [-0.2, 0) is 14.3 Å². The zero-order chi connectivity index (χ0) is 15.2. The zero-order valence-corrected chi connectivity index (χ0v) is 12.6. The number of carbonyl (C=O) groups excluding carboxylic acids is 1. The monoisotopic (exact) mass is 280 g/mol. The summed E-state index contributed by atoms with van der Waals surface area (Å²) < 4.78 is 14.6. The van der Waals surface area contributed by atoms with Gasteiger partial charge in [-0.3, -0.25) is 4.79 Å². The molecule has 0 unspecified atom stereocenters. The van der Waals surface area contributed by atoms with Crippen LogP contribution in [0.2, 0.25) is 0 Å². The Kier molecular flexibility index (Phi) is 11.1. The molecule has 0 aromatic heterocycles. The first-order valence-corrected chi connectivity index (χ1v) is 6.59. The van der Waals surface area contributed by atoms with Crippen LogP contribution in [-0.4, -0.2) is 33.4 Å². The van der Waals surface area contributed by atoms with Crippen molar-refractivity contribution in [3.8, 4) is 5.75 Å². The molecule has 0 saturated carbocycles. The van der Waals surface area contributed by atoms with Crippen LogP contribution in [0.5, 0.6) is 5.75 Å². The smallest absolute Gasteiger partial charge is 0.305 e. The number of methoxy groups -OCH3 is 1. The molecule has 4 nitrogen and oxygen atoms in total. The standard InChI is InChI=1S/C14H18O3.C2H6O/c1-3-12-7-9-13(10-8-12)17-11-5-6-14(15)16-4-2;1-3-2/h3,7-10H,1,4-6,11H2,2H3;1-2H3. The molecular weight excluding hydrogens is 256 g/mol. The summed E-state index contributed by atoms with van der Waals surface area (Å²) in [4.78, 5) is 11.0. The van der Waals surface area contributed by atoms with E-state index >= 15 is 0 Å². The van der Waals surface area contributed by atoms with Crippen LogP contribution in [0, 0.1) is 0 Å². The maximum Gasteiger partial charge on any atom is 0.305 e. The predicted octanol–water partition coefficient (Wildman–Crippen LogP) is 3.31. The molecule has 0 saturated heterocycles. The van der Waals surface area contributed by atoms with E-state index in [4.69, 9.17) is 9.47 Å². The maximum atomic E-state index is 11.0. The molecule has 1 aromatic rings. The van der Waals surface area contributed by atoms with Crippen LogP contribution in [0.4, 0.5) is 0 Å². The van der Waals surface area contributed by atoms with Crippen LogP contribution in [0.15, 0.2) is 30.8 Å². The normalized spacial score (nSPS) is 9.15. The molecule has 0 radical (unpaired) electrons. The zero-order valence-electron chi connectivity index (χ0n) is 12.6. The second kappa shape index (κ2) is 12.2. The van der Waals surface area contributed by atoms with Gasteiger partial charge in [-0.2, -0.15) is 0 Å². The molecule has 0 aliphatic heterocycles. The molecule has 20 heavy (non-hydrogen) atoms. The second-order valence-electron chi connectivity index (χ2n) is 3.94. The van der Waals surface area contributed by atoms with Crippen LogP contribution < -0.4 is 4.74 Å². The Bertz CT molecular complexity index is 371. The number of ether oxygens (including phenoxy) is 3. The Morgan fingerprint density at radius 3 is 2.35 bits per heavy atom. The van der Waals surface area contributed by atoms with Crippen LogP contribution in [0.3, 0.4) is 0 Å². The van der Waals surface area contributed by atoms with Gasteiger partial charge in [0, 0.05) is 20.6 Å². The summed E-state index contributed by atoms with van der Waals surface area (Å²) in [5, 5.41) is 0. The third-order valence-electron chi connectivity index (χ3n) is 2.22. The number of rotatable bonds is 7. The first kappa shape index (κ1) is 18.2. The van der Waals surface area contributed by atoms with Crippen molar-refractivity contribution in [3.63, 3.8) is 0 Å². The summed E-state index contributed by atoms with van der Waals surface area (Å²) in [6.45, 7) is 6.44. The number of benzene rings is 1. The van der Waals surface area contributed by atoms with Crippen molar-refractivity contribution in [2.24, 2.45) is 0 Å². The summed E-state index contributed by atoms with van der Waals surface area (Å²) in [6, 6.07) is 7.66. The molecule has 0 atom stereocenters. The van der Waals surface area contributed by atoms with Crippen LogP contribution in [0.1, 0.15) is 25.3 Å². The minimum Gasteiger partial charge on any atom is -0.494 e. The van der Waals surface area contributed by atoms with Gasteiger partial charge in [0.15, 0.2) is 0 Å². The summed E-state index contributed by atoms with van der Waals surface area (Å²) in [7, 11) is 3.25. The van der Waals surface area contributed by atoms with E-state index in [0.717, 1.165) is 11.3 Å². The molecule has 0 fully saturated rings. The van der Waals surface area contributed by atoms with Gasteiger partial charge in [-0.1, -0.05) is 24.8 Å². The van der Waals surface area contributed by atoms with Crippen molar-refractivity contribution in [1.29, 1.82) is 0 Å². The lowest BCUT2D eigenvalue weighted by molar-refractivity contribution is -0.143. The topological polar surface area (TPSA) is 44.8 Å². The molecular formula is C16H24O4. The lowest BCUT2D eigenvalue weighted by atomic mass is 10.2. The van der Waals surface area contributed by atoms with Gasteiger partial charge in [0.05, 0.1) is 13.2 Å². The Morgan fingerprint density at radius 1 is 1.25 bits per heavy atom. The number of hydrogen-bond donors (Lipinski definition) is 0. The molecule has 112 valence electrons. The highest BCUT2D eigenvalue weighted by Crippen LogP contribution is 2.13. The van der Waals surface area contributed by atoms with Gasteiger partial charge in [0.25, 0.3) is 0 Å². The molecule has 0 aliphatic carbocycles. The molecule has 1 rings (SSSR count). The maximum absolute atomic E-state index is 11.0. The van der Waals surface area contributed by atoms with E-state index in [1.54, 1.807) is 27.2 Å². The lowest BCUT2D eigenvalue weighted by Crippen LogP contribution is -2.06. The third kappa shape index (κ3) is 9.16. The van der Waals surface area contributed by atoms with E-state index < -0.39 is 0 Å². The molecule has 0 heterocycles. The fourth-order valence-corrected chi connectivity index (χ4v) is 1.34. The Hall–Kier alpha value is -1.81. The molecule has 0 aliphatic rings. The van der Waals surface area contributed by atoms with Crippen molar-refractivity contribution < 1.29 is 19.0 Å². The molecule has 1 aromatic carbocycles. The Morgan fingerprint density at radius 2 is 1.85 bits per heavy atom. The fourth-order valence-electron chi connectivity index (χ4n) is 1.34. The van der Waals surface area contributed by atoms with Gasteiger partial charge >= 0.3 is 5.97 Å². The van der Waals surface area contributed by atoms with E-state index in [0.29, 0.717) is 26.1 Å². The highest BCUT2D eigenvalue weighted by atomic mass is 16.5. The molecule has 0 spiro atoms. The predicted molar refractivity (Wildman–Crippen MR) is 80.8 cm³/mol. The molecule has 0 amide bonds. The summed E-state index contributed by atoms with van der Waals surface area (Å²) in [5.74, 6) is 0.637. The second-order valence-corrected chi connectivity index (χ2v) is 3.94. The number of esters is 1. The Labute approximate surface area is 121 Å². The van der Waals surface area contributed by atoms with E-state index in [1.165, 1.54) is 0 Å². The minimum atomic E-state index is -0.168. The van der Waals surface area contributed by atoms with Crippen molar-refractivity contribution in [1.82, 2.24) is 0 Å². The summed E-state index contributed by atoms with van der Waals surface area (Å²) in [6.07, 6.45) is 2.85. The quantitative estimate of drug-likeness (QED) is 0.568. The number of carbonyl (C=O) groups is 1. The van der Waals surface area contributed by atoms with Gasteiger partial charge in [-0.15, -0.1) is 0 Å². The van der Waals surface area contributed by atoms with E-state index in [9.17, 15) is 4.79 Å². The fraction of sp³-hybridized carbons (Fsp3) is 0.438. The van der Waals surface area contributed by atoms with Crippen molar-refractivity contribution in [3.05, 3.63) is 36.4 Å². The van der Waals surface area contributed by atoms with Gasteiger partial charge < -0.3 is 14.2 Å². The molecule has 0 N–H and O–H groups in total. The van der Waals surface area contributed by atoms with Crippen molar-refractivity contribution in [2.45, 2.75) is 19.8 Å². The van der Waals surface area contributed by atoms with Gasteiger partial charge in [-0.05, 0) is 31.0 Å². The summed E-state index contributed by atoms with van der Waals surface area (Å²) >= 11 is 0. The van der Waals surface area contributed by atoms with E-state index in [2.05, 4.69) is 11.3 Å². The van der Waals surface area contributed by atoms with Gasteiger partial charge in [0.2, 0.25) is 0 Å². The largest absolute Gasteiger partial charge is 0.494 e. The lowest BCUT2D eigenvalue weighted by Gasteiger charge is -2.06. The highest BCUT2D eigenvalue weighted by Gasteiger charge is 2.01. The van der Waals surface area contributed by atoms with Gasteiger partial charge in [-0.25, -0.2) is 0 Å². The minimum absolute atomic E-state index is 0.168. The average Bonchev–Trinajstić information content (AvgIpc) is 2.45. The van der Waals surface area contributed by atoms with Crippen molar-refractivity contribution in [2.75, 3.05) is 27.4 Å². The molecule has 4 heteroatoms. The summed E-state index contributed by atoms with van der Waals surface area (Å²) in [5.41, 5.74) is 1.06. The average molecular weight is 280 g/mol. The van der Waals surface area contributed by atoms with Crippen LogP contribution >= 0.6 is 0 Å². The molecule has 0 bridgehead atoms. The van der Waals surface area contributed by atoms with Crippen molar-refractivity contribution >= 4 is 12.0 Å². The first-order valence-electron chi connectivity index (χ1n) is 6.59. The Balaban J connectivity index is 0.00000110. The SMILES string of the molecule is C=Cc1ccc(OCCCC(=O)OCC)cc1.COC. The first-order chi connectivity index (χ1) is 9.67. The van der Waals surface area contributed by atoms with E-state index in [1.807, 2.05) is 24.3 Å². The van der Waals surface area contributed by atoms with Crippen LogP contribution in [0.25, 0.3) is 6.08 Å². The van der Waals surface area contributed by atoms with E-state index in [-0.39, 0.29) is 5.97 Å².